The SMILES string of the molecule is CCc1cc(Cn2ncnc2-c2ccc(F)cc2C(C)Oc2cc(Br)cnc2[N+](=O)[O-])on1. The Hall–Kier alpha value is -3.67. The number of nitrogens with zero attached hydrogens (tertiary/aromatic N) is 6. The molecule has 0 aliphatic rings. The van der Waals surface area contributed by atoms with E-state index in [2.05, 4.69) is 36.2 Å². The molecule has 0 fully saturated rings. The molecule has 0 amide bonds. The van der Waals surface area contributed by atoms with E-state index in [4.69, 9.17) is 9.26 Å². The highest BCUT2D eigenvalue weighted by atomic mass is 79.9. The molecule has 1 unspecified atom stereocenters. The van der Waals surface area contributed by atoms with E-state index in [1.165, 1.54) is 30.7 Å². The molecule has 1 atom stereocenters. The van der Waals surface area contributed by atoms with Crippen LogP contribution in [-0.4, -0.2) is 29.8 Å². The lowest BCUT2D eigenvalue weighted by molar-refractivity contribution is -0.390. The molecule has 1 aromatic carbocycles. The Morgan fingerprint density at radius 3 is 2.85 bits per heavy atom. The Labute approximate surface area is 195 Å². The number of aryl methyl sites for hydroxylation is 1. The fraction of sp³-hybridized carbons (Fsp3) is 0.238. The first kappa shape index (κ1) is 22.5. The minimum atomic E-state index is -0.771. The van der Waals surface area contributed by atoms with Gasteiger partial charge in [0.05, 0.1) is 10.2 Å². The average Bonchev–Trinajstić information content (AvgIpc) is 3.43. The maximum Gasteiger partial charge on any atom is 0.406 e. The predicted molar refractivity (Wildman–Crippen MR) is 118 cm³/mol. The molecule has 33 heavy (non-hydrogen) atoms. The van der Waals surface area contributed by atoms with E-state index in [0.29, 0.717) is 27.2 Å². The Balaban J connectivity index is 1.69. The van der Waals surface area contributed by atoms with Crippen molar-refractivity contribution >= 4 is 21.7 Å². The third-order valence-electron chi connectivity index (χ3n) is 4.86. The zero-order valence-corrected chi connectivity index (χ0v) is 19.2. The number of hydrogen-bond donors (Lipinski definition) is 0. The quantitative estimate of drug-likeness (QED) is 0.239. The summed E-state index contributed by atoms with van der Waals surface area (Å²) >= 11 is 3.24. The molecule has 4 rings (SSSR count). The molecule has 170 valence electrons. The summed E-state index contributed by atoms with van der Waals surface area (Å²) in [7, 11) is 0. The number of aromatic nitrogens is 5. The summed E-state index contributed by atoms with van der Waals surface area (Å²) in [5.74, 6) is 0.0784. The van der Waals surface area contributed by atoms with Gasteiger partial charge in [-0.3, -0.25) is 0 Å². The van der Waals surface area contributed by atoms with Gasteiger partial charge in [-0.05, 0) is 57.4 Å². The molecule has 0 spiro atoms. The van der Waals surface area contributed by atoms with Crippen LogP contribution < -0.4 is 4.74 Å². The van der Waals surface area contributed by atoms with E-state index >= 15 is 0 Å². The normalized spacial score (nSPS) is 12.0. The van der Waals surface area contributed by atoms with Crippen molar-refractivity contribution < 1.29 is 18.6 Å². The molecule has 12 heteroatoms. The van der Waals surface area contributed by atoms with Gasteiger partial charge < -0.3 is 19.4 Å². The summed E-state index contributed by atoms with van der Waals surface area (Å²) in [5.41, 5.74) is 1.81. The van der Waals surface area contributed by atoms with E-state index in [1.807, 2.05) is 13.0 Å². The highest BCUT2D eigenvalue weighted by Gasteiger charge is 2.24. The zero-order valence-electron chi connectivity index (χ0n) is 17.6. The van der Waals surface area contributed by atoms with Crippen LogP contribution >= 0.6 is 15.9 Å². The van der Waals surface area contributed by atoms with E-state index in [0.717, 1.165) is 12.1 Å². The topological polar surface area (TPSA) is 122 Å². The van der Waals surface area contributed by atoms with Gasteiger partial charge >= 0.3 is 5.82 Å². The van der Waals surface area contributed by atoms with Crippen molar-refractivity contribution in [3.63, 3.8) is 0 Å². The summed E-state index contributed by atoms with van der Waals surface area (Å²) in [5, 5.41) is 19.6. The largest absolute Gasteiger partial charge is 0.478 e. The van der Waals surface area contributed by atoms with Gasteiger partial charge in [-0.25, -0.2) is 14.1 Å². The van der Waals surface area contributed by atoms with Gasteiger partial charge in [-0.1, -0.05) is 12.1 Å². The van der Waals surface area contributed by atoms with Crippen LogP contribution in [0.25, 0.3) is 11.4 Å². The van der Waals surface area contributed by atoms with Crippen LogP contribution in [0.3, 0.4) is 0 Å². The van der Waals surface area contributed by atoms with Crippen molar-refractivity contribution in [2.24, 2.45) is 0 Å². The van der Waals surface area contributed by atoms with E-state index in [1.54, 1.807) is 17.7 Å². The molecule has 0 aliphatic heterocycles. The van der Waals surface area contributed by atoms with Crippen molar-refractivity contribution in [2.75, 3.05) is 0 Å². The van der Waals surface area contributed by atoms with Gasteiger partial charge in [0.1, 0.15) is 24.8 Å². The molecular formula is C21H18BrFN6O4. The lowest BCUT2D eigenvalue weighted by Crippen LogP contribution is -2.10. The maximum atomic E-state index is 14.2. The Morgan fingerprint density at radius 2 is 2.12 bits per heavy atom. The molecule has 0 N–H and O–H groups in total. The number of halogens is 2. The summed E-state index contributed by atoms with van der Waals surface area (Å²) in [6, 6.07) is 7.45. The summed E-state index contributed by atoms with van der Waals surface area (Å²) < 4.78 is 27.5. The van der Waals surface area contributed by atoms with Gasteiger partial charge in [0.2, 0.25) is 5.75 Å². The second-order valence-corrected chi connectivity index (χ2v) is 8.02. The predicted octanol–water partition coefficient (Wildman–Crippen LogP) is 4.89. The van der Waals surface area contributed by atoms with Gasteiger partial charge in [0, 0.05) is 23.3 Å². The monoisotopic (exact) mass is 516 g/mol. The van der Waals surface area contributed by atoms with Gasteiger partial charge in [-0.2, -0.15) is 5.10 Å². The molecule has 10 nitrogen and oxygen atoms in total. The molecule has 0 aliphatic carbocycles. The smallest absolute Gasteiger partial charge is 0.406 e. The summed E-state index contributed by atoms with van der Waals surface area (Å²) in [4.78, 5) is 18.8. The fourth-order valence-electron chi connectivity index (χ4n) is 3.30. The maximum absolute atomic E-state index is 14.2. The minimum absolute atomic E-state index is 0.0488. The van der Waals surface area contributed by atoms with E-state index in [9.17, 15) is 14.5 Å². The van der Waals surface area contributed by atoms with Gasteiger partial charge in [0.25, 0.3) is 0 Å². The molecule has 0 saturated carbocycles. The average molecular weight is 517 g/mol. The zero-order chi connectivity index (χ0) is 23.5. The van der Waals surface area contributed by atoms with Crippen molar-refractivity contribution in [3.8, 4) is 17.1 Å². The number of nitro groups is 1. The first-order valence-corrected chi connectivity index (χ1v) is 10.7. The lowest BCUT2D eigenvalue weighted by atomic mass is 10.0. The van der Waals surface area contributed by atoms with Crippen LogP contribution in [0.2, 0.25) is 0 Å². The second kappa shape index (κ2) is 9.45. The summed E-state index contributed by atoms with van der Waals surface area (Å²) in [6.45, 7) is 3.91. The molecular weight excluding hydrogens is 499 g/mol. The van der Waals surface area contributed by atoms with Gasteiger partial charge in [-0.15, -0.1) is 0 Å². The Kier molecular flexibility index (Phi) is 6.45. The third-order valence-corrected chi connectivity index (χ3v) is 5.29. The van der Waals surface area contributed by atoms with Crippen molar-refractivity contribution in [3.05, 3.63) is 80.3 Å². The highest BCUT2D eigenvalue weighted by Crippen LogP contribution is 2.35. The fourth-order valence-corrected chi connectivity index (χ4v) is 3.61. The van der Waals surface area contributed by atoms with Crippen LogP contribution in [0.15, 0.2) is 51.9 Å². The lowest BCUT2D eigenvalue weighted by Gasteiger charge is -2.18. The Morgan fingerprint density at radius 1 is 1.30 bits per heavy atom. The highest BCUT2D eigenvalue weighted by molar-refractivity contribution is 9.10. The van der Waals surface area contributed by atoms with Gasteiger partial charge in [0.15, 0.2) is 17.8 Å². The van der Waals surface area contributed by atoms with Crippen LogP contribution in [0.4, 0.5) is 10.2 Å². The number of pyridine rings is 1. The van der Waals surface area contributed by atoms with E-state index < -0.39 is 22.7 Å². The molecule has 0 saturated heterocycles. The van der Waals surface area contributed by atoms with Crippen molar-refractivity contribution in [2.45, 2.75) is 32.9 Å². The first-order chi connectivity index (χ1) is 15.9. The van der Waals surface area contributed by atoms with Crippen molar-refractivity contribution in [1.29, 1.82) is 0 Å². The first-order valence-electron chi connectivity index (χ1n) is 9.94. The third kappa shape index (κ3) is 4.90. The Bertz CT molecular complexity index is 1310. The van der Waals surface area contributed by atoms with E-state index in [-0.39, 0.29) is 12.3 Å². The molecule has 4 aromatic rings. The number of ether oxygens (including phenoxy) is 1. The molecule has 0 bridgehead atoms. The molecule has 0 radical (unpaired) electrons. The number of benzene rings is 1. The van der Waals surface area contributed by atoms with Crippen molar-refractivity contribution in [1.82, 2.24) is 24.9 Å². The van der Waals surface area contributed by atoms with Crippen LogP contribution in [0.5, 0.6) is 5.75 Å². The standard InChI is InChI=1S/C21H18BrFN6O4/c1-3-15-8-16(33-27-15)10-28-20(25-11-26-28)17-5-4-14(23)7-18(17)12(2)32-19-6-13(22)9-24-21(19)29(30)31/h4-9,11-12H,3,10H2,1-2H3. The van der Waals surface area contributed by atoms with Crippen LogP contribution in [0.1, 0.15) is 37.0 Å². The summed E-state index contributed by atoms with van der Waals surface area (Å²) in [6.07, 6.45) is 2.65. The molecule has 3 heterocycles. The van der Waals surface area contributed by atoms with Crippen LogP contribution in [0, 0.1) is 15.9 Å². The van der Waals surface area contributed by atoms with Crippen LogP contribution in [-0.2, 0) is 13.0 Å². The second-order valence-electron chi connectivity index (χ2n) is 7.10. The molecule has 3 aromatic heterocycles. The minimum Gasteiger partial charge on any atom is -0.478 e. The number of hydrogen-bond acceptors (Lipinski definition) is 8. The number of rotatable bonds is 8.